The molecule has 0 unspecified atom stereocenters. The van der Waals surface area contributed by atoms with Crippen molar-refractivity contribution in [2.75, 3.05) is 0 Å². The van der Waals surface area contributed by atoms with Gasteiger partial charge in [0.1, 0.15) is 22.3 Å². The van der Waals surface area contributed by atoms with Crippen molar-refractivity contribution in [1.29, 1.82) is 0 Å². The Morgan fingerprint density at radius 3 is 1.12 bits per heavy atom. The van der Waals surface area contributed by atoms with Crippen molar-refractivity contribution in [2.24, 2.45) is 0 Å². The fourth-order valence-electron chi connectivity index (χ4n) is 10.2. The second-order valence-corrected chi connectivity index (χ2v) is 15.7. The fourth-order valence-corrected chi connectivity index (χ4v) is 10.2. The standard InChI is InChI=1S/C54H31N3O2/c1-6-16-43-35(11-1)36-12-2-7-17-44(36)55(43)32-21-24-46-42(31-32)54-48(57(46)34-23-28-52-41(30-34)38-14-5-10-20-50(38)59-52)26-25-47-53(54)39-15-3-8-18-45(39)56(47)33-22-27-51-40(29-33)37-13-4-9-19-49(37)58-51/h1-31H. The molecule has 5 aromatic heterocycles. The molecule has 5 heteroatoms. The molecule has 0 aliphatic carbocycles. The Kier molecular flexibility index (Phi) is 5.96. The van der Waals surface area contributed by atoms with Gasteiger partial charge >= 0.3 is 0 Å². The van der Waals surface area contributed by atoms with Crippen LogP contribution in [0.1, 0.15) is 0 Å². The van der Waals surface area contributed by atoms with E-state index < -0.39 is 0 Å². The molecule has 0 bridgehead atoms. The van der Waals surface area contributed by atoms with Crippen molar-refractivity contribution in [2.45, 2.75) is 0 Å². The Hall–Kier alpha value is -8.02. The number of benzene rings is 9. The fraction of sp³-hybridized carbons (Fsp3) is 0. The minimum Gasteiger partial charge on any atom is -0.456 e. The van der Waals surface area contributed by atoms with Gasteiger partial charge in [0.2, 0.25) is 0 Å². The third kappa shape index (κ3) is 4.13. The summed E-state index contributed by atoms with van der Waals surface area (Å²) in [5.74, 6) is 0. The van der Waals surface area contributed by atoms with Crippen molar-refractivity contribution in [3.8, 4) is 17.1 Å². The average Bonchev–Trinajstić information content (AvgIpc) is 4.09. The molecular weight excluding hydrogens is 723 g/mol. The largest absolute Gasteiger partial charge is 0.456 e. The van der Waals surface area contributed by atoms with E-state index in [-0.39, 0.29) is 0 Å². The number of para-hydroxylation sites is 5. The van der Waals surface area contributed by atoms with E-state index in [1.54, 1.807) is 0 Å². The van der Waals surface area contributed by atoms with E-state index in [4.69, 9.17) is 8.83 Å². The van der Waals surface area contributed by atoms with Crippen LogP contribution in [0.2, 0.25) is 0 Å². The van der Waals surface area contributed by atoms with Gasteiger partial charge in [0, 0.05) is 70.9 Å². The SMILES string of the molecule is c1ccc2c(c1)oc1ccc(-n3c4ccccc4c4c5c6cc(-n7c8ccccc8c8ccccc87)ccc6n(-c6ccc7oc8ccccc8c7c6)c5ccc43)cc12. The van der Waals surface area contributed by atoms with Crippen LogP contribution in [0, 0.1) is 0 Å². The normalized spacial score (nSPS) is 12.4. The van der Waals surface area contributed by atoms with Gasteiger partial charge in [-0.05, 0) is 97.1 Å². The maximum atomic E-state index is 6.30. The Morgan fingerprint density at radius 1 is 0.237 bits per heavy atom. The molecule has 0 radical (unpaired) electrons. The number of hydrogen-bond donors (Lipinski definition) is 0. The molecular formula is C54H31N3O2. The molecule has 0 fully saturated rings. The van der Waals surface area contributed by atoms with E-state index in [1.807, 2.05) is 24.3 Å². The number of furan rings is 2. The number of fused-ring (bicyclic) bond motifs is 16. The van der Waals surface area contributed by atoms with Crippen LogP contribution >= 0.6 is 0 Å². The first-order valence-electron chi connectivity index (χ1n) is 20.1. The molecule has 0 saturated heterocycles. The molecule has 0 saturated carbocycles. The molecule has 0 N–H and O–H groups in total. The van der Waals surface area contributed by atoms with Crippen molar-refractivity contribution in [3.63, 3.8) is 0 Å². The molecule has 5 nitrogen and oxygen atoms in total. The molecule has 0 aliphatic heterocycles. The van der Waals surface area contributed by atoms with Crippen LogP contribution in [0.25, 0.3) is 126 Å². The minimum atomic E-state index is 0.886. The van der Waals surface area contributed by atoms with E-state index in [0.29, 0.717) is 0 Å². The highest BCUT2D eigenvalue weighted by Gasteiger charge is 2.23. The summed E-state index contributed by atoms with van der Waals surface area (Å²) in [5, 5.41) is 11.8. The number of nitrogens with zero attached hydrogens (tertiary/aromatic N) is 3. The van der Waals surface area contributed by atoms with Gasteiger partial charge in [0.15, 0.2) is 0 Å². The Bertz CT molecular complexity index is 4040. The number of rotatable bonds is 3. The van der Waals surface area contributed by atoms with Gasteiger partial charge in [-0.25, -0.2) is 0 Å². The van der Waals surface area contributed by atoms with Gasteiger partial charge in [0.05, 0.1) is 33.1 Å². The van der Waals surface area contributed by atoms with Crippen LogP contribution < -0.4 is 0 Å². The van der Waals surface area contributed by atoms with Crippen molar-refractivity contribution < 1.29 is 8.83 Å². The topological polar surface area (TPSA) is 41.1 Å². The van der Waals surface area contributed by atoms with E-state index in [9.17, 15) is 0 Å². The third-order valence-corrected chi connectivity index (χ3v) is 12.6. The lowest BCUT2D eigenvalue weighted by Crippen LogP contribution is -1.96. The quantitative estimate of drug-likeness (QED) is 0.180. The van der Waals surface area contributed by atoms with Crippen LogP contribution in [-0.2, 0) is 0 Å². The van der Waals surface area contributed by atoms with Gasteiger partial charge in [-0.3, -0.25) is 0 Å². The lowest BCUT2D eigenvalue weighted by Gasteiger charge is -2.10. The Balaban J connectivity index is 1.12. The molecule has 0 spiro atoms. The van der Waals surface area contributed by atoms with E-state index in [1.165, 1.54) is 43.4 Å². The van der Waals surface area contributed by atoms with Crippen molar-refractivity contribution in [3.05, 3.63) is 188 Å². The van der Waals surface area contributed by atoms with Crippen LogP contribution in [-0.4, -0.2) is 13.7 Å². The lowest BCUT2D eigenvalue weighted by molar-refractivity contribution is 0.668. The first kappa shape index (κ1) is 31.1. The summed E-state index contributed by atoms with van der Waals surface area (Å²) < 4.78 is 19.9. The minimum absolute atomic E-state index is 0.886. The molecule has 5 heterocycles. The maximum absolute atomic E-state index is 6.30. The zero-order valence-electron chi connectivity index (χ0n) is 31.6. The summed E-state index contributed by atoms with van der Waals surface area (Å²) >= 11 is 0. The van der Waals surface area contributed by atoms with Gasteiger partial charge in [-0.15, -0.1) is 0 Å². The second-order valence-electron chi connectivity index (χ2n) is 15.7. The van der Waals surface area contributed by atoms with Crippen LogP contribution in [0.5, 0.6) is 0 Å². The summed E-state index contributed by atoms with van der Waals surface area (Å²) in [7, 11) is 0. The Morgan fingerprint density at radius 2 is 0.576 bits per heavy atom. The van der Waals surface area contributed by atoms with Crippen molar-refractivity contribution >= 4 is 109 Å². The predicted molar refractivity (Wildman–Crippen MR) is 244 cm³/mol. The highest BCUT2D eigenvalue weighted by molar-refractivity contribution is 6.29. The zero-order valence-corrected chi connectivity index (χ0v) is 31.6. The van der Waals surface area contributed by atoms with Crippen molar-refractivity contribution in [1.82, 2.24) is 13.7 Å². The molecule has 0 amide bonds. The first-order chi connectivity index (χ1) is 29.3. The number of aromatic nitrogens is 3. The smallest absolute Gasteiger partial charge is 0.135 e. The van der Waals surface area contributed by atoms with Crippen LogP contribution in [0.4, 0.5) is 0 Å². The molecule has 9 aromatic carbocycles. The summed E-state index contributed by atoms with van der Waals surface area (Å²) in [5.41, 5.74) is 13.9. The van der Waals surface area contributed by atoms with Gasteiger partial charge in [-0.2, -0.15) is 0 Å². The average molecular weight is 754 g/mol. The lowest BCUT2D eigenvalue weighted by atomic mass is 10.0. The molecule has 0 aliphatic rings. The highest BCUT2D eigenvalue weighted by atomic mass is 16.3. The predicted octanol–water partition coefficient (Wildman–Crippen LogP) is 14.8. The molecule has 59 heavy (non-hydrogen) atoms. The zero-order chi connectivity index (χ0) is 38.3. The summed E-state index contributed by atoms with van der Waals surface area (Å²) in [6.45, 7) is 0. The van der Waals surface area contributed by atoms with Gasteiger partial charge in [0.25, 0.3) is 0 Å². The molecule has 0 atom stereocenters. The highest BCUT2D eigenvalue weighted by Crippen LogP contribution is 2.45. The first-order valence-corrected chi connectivity index (χ1v) is 20.1. The van der Waals surface area contributed by atoms with E-state index >= 15 is 0 Å². The summed E-state index contributed by atoms with van der Waals surface area (Å²) in [4.78, 5) is 0. The van der Waals surface area contributed by atoms with Crippen LogP contribution in [0.15, 0.2) is 197 Å². The summed E-state index contributed by atoms with van der Waals surface area (Å²) in [6, 6.07) is 67.8. The second kappa shape index (κ2) is 11.3. The number of hydrogen-bond acceptors (Lipinski definition) is 2. The molecule has 274 valence electrons. The third-order valence-electron chi connectivity index (χ3n) is 12.6. The van der Waals surface area contributed by atoms with Gasteiger partial charge in [-0.1, -0.05) is 91.0 Å². The maximum Gasteiger partial charge on any atom is 0.135 e. The molecule has 14 aromatic rings. The van der Waals surface area contributed by atoms with Crippen LogP contribution in [0.3, 0.4) is 0 Å². The van der Waals surface area contributed by atoms with E-state index in [2.05, 4.69) is 177 Å². The van der Waals surface area contributed by atoms with E-state index in [0.717, 1.165) is 83.0 Å². The monoisotopic (exact) mass is 753 g/mol. The molecule has 14 rings (SSSR count). The van der Waals surface area contributed by atoms with Gasteiger partial charge < -0.3 is 22.5 Å². The Labute approximate surface area is 335 Å². The summed E-state index contributed by atoms with van der Waals surface area (Å²) in [6.07, 6.45) is 0.